The summed E-state index contributed by atoms with van der Waals surface area (Å²) in [6.07, 6.45) is 1.85. The number of benzene rings is 2. The molecule has 0 aromatic heterocycles. The zero-order chi connectivity index (χ0) is 26.2. The highest BCUT2D eigenvalue weighted by Gasteiger charge is 2.27. The second kappa shape index (κ2) is 13.1. The molecule has 192 valence electrons. The number of nitrogens with zero attached hydrogens (tertiary/aromatic N) is 2. The van der Waals surface area contributed by atoms with Gasteiger partial charge in [-0.3, -0.25) is 13.9 Å². The van der Waals surface area contributed by atoms with Gasteiger partial charge in [-0.15, -0.1) is 0 Å². The van der Waals surface area contributed by atoms with Gasteiger partial charge < -0.3 is 10.2 Å². The van der Waals surface area contributed by atoms with Crippen LogP contribution in [-0.4, -0.2) is 50.5 Å². The zero-order valence-corrected chi connectivity index (χ0v) is 22.3. The molecule has 0 heterocycles. The number of hydrogen-bond acceptors (Lipinski definition) is 4. The van der Waals surface area contributed by atoms with Crippen LogP contribution in [0.2, 0.25) is 10.0 Å². The van der Waals surface area contributed by atoms with Crippen LogP contribution in [0.25, 0.3) is 0 Å². The molecule has 35 heavy (non-hydrogen) atoms. The number of halogens is 3. The number of carbonyl (C=O) groups is 2. The van der Waals surface area contributed by atoms with Gasteiger partial charge in [0, 0.05) is 36.6 Å². The van der Waals surface area contributed by atoms with E-state index in [4.69, 9.17) is 23.2 Å². The minimum Gasteiger partial charge on any atom is -0.354 e. The smallest absolute Gasteiger partial charge is 0.242 e. The minimum atomic E-state index is -3.72. The van der Waals surface area contributed by atoms with Crippen molar-refractivity contribution < 1.29 is 22.4 Å². The van der Waals surface area contributed by atoms with Crippen LogP contribution >= 0.6 is 23.2 Å². The molecule has 11 heteroatoms. The fraction of sp³-hybridized carbons (Fsp3) is 0.417. The lowest BCUT2D eigenvalue weighted by Crippen LogP contribution is -2.48. The molecule has 0 saturated carbocycles. The highest BCUT2D eigenvalue weighted by atomic mass is 35.5. The maximum Gasteiger partial charge on any atom is 0.242 e. The molecule has 7 nitrogen and oxygen atoms in total. The summed E-state index contributed by atoms with van der Waals surface area (Å²) in [5, 5.41) is 3.27. The predicted molar refractivity (Wildman–Crippen MR) is 138 cm³/mol. The molecule has 0 aliphatic carbocycles. The van der Waals surface area contributed by atoms with E-state index in [9.17, 15) is 22.4 Å². The molecule has 0 aliphatic heterocycles. The first kappa shape index (κ1) is 28.9. The van der Waals surface area contributed by atoms with E-state index in [1.807, 2.05) is 6.92 Å². The van der Waals surface area contributed by atoms with Crippen LogP contribution in [0.3, 0.4) is 0 Å². The summed E-state index contributed by atoms with van der Waals surface area (Å²) in [5.41, 5.74) is 0.490. The SMILES string of the molecule is CCCNC(=O)[C@@H](C)N(Cc1ccccc1F)C(=O)CCCN(c1cc(Cl)ccc1Cl)S(C)(=O)=O. The Bertz CT molecular complexity index is 1150. The van der Waals surface area contributed by atoms with Gasteiger partial charge in [-0.1, -0.05) is 48.3 Å². The second-order valence-corrected chi connectivity index (χ2v) is 10.9. The number of rotatable bonds is 12. The van der Waals surface area contributed by atoms with Crippen LogP contribution in [-0.2, 0) is 26.2 Å². The van der Waals surface area contributed by atoms with Crippen molar-refractivity contribution in [1.29, 1.82) is 0 Å². The molecule has 2 aromatic carbocycles. The van der Waals surface area contributed by atoms with Gasteiger partial charge in [0.25, 0.3) is 0 Å². The topological polar surface area (TPSA) is 86.8 Å². The van der Waals surface area contributed by atoms with Crippen molar-refractivity contribution in [2.75, 3.05) is 23.7 Å². The van der Waals surface area contributed by atoms with Crippen LogP contribution < -0.4 is 9.62 Å². The Kier molecular flexibility index (Phi) is 10.8. The summed E-state index contributed by atoms with van der Waals surface area (Å²) in [5.74, 6) is -1.23. The van der Waals surface area contributed by atoms with Gasteiger partial charge in [-0.25, -0.2) is 12.8 Å². The highest BCUT2D eigenvalue weighted by Crippen LogP contribution is 2.31. The third-order valence-electron chi connectivity index (χ3n) is 5.34. The lowest BCUT2D eigenvalue weighted by Gasteiger charge is -2.29. The molecule has 0 fully saturated rings. The van der Waals surface area contributed by atoms with Crippen molar-refractivity contribution in [2.45, 2.75) is 45.7 Å². The number of sulfonamides is 1. The summed E-state index contributed by atoms with van der Waals surface area (Å²) in [6.45, 7) is 3.82. The summed E-state index contributed by atoms with van der Waals surface area (Å²) < 4.78 is 40.2. The van der Waals surface area contributed by atoms with Crippen molar-refractivity contribution in [3.8, 4) is 0 Å². The van der Waals surface area contributed by atoms with E-state index in [0.29, 0.717) is 11.6 Å². The van der Waals surface area contributed by atoms with E-state index < -0.39 is 27.8 Å². The van der Waals surface area contributed by atoms with Crippen LogP contribution in [0, 0.1) is 5.82 Å². The Morgan fingerprint density at radius 2 is 1.83 bits per heavy atom. The van der Waals surface area contributed by atoms with Crippen LogP contribution in [0.1, 0.15) is 38.7 Å². The van der Waals surface area contributed by atoms with E-state index in [2.05, 4.69) is 5.32 Å². The number of anilines is 1. The Morgan fingerprint density at radius 1 is 1.14 bits per heavy atom. The maximum atomic E-state index is 14.3. The van der Waals surface area contributed by atoms with E-state index in [1.54, 1.807) is 31.2 Å². The van der Waals surface area contributed by atoms with E-state index in [1.165, 1.54) is 23.1 Å². The Labute approximate surface area is 216 Å². The molecule has 2 amide bonds. The van der Waals surface area contributed by atoms with Crippen LogP contribution in [0.5, 0.6) is 0 Å². The molecule has 0 radical (unpaired) electrons. The van der Waals surface area contributed by atoms with Gasteiger partial charge in [0.05, 0.1) is 17.0 Å². The van der Waals surface area contributed by atoms with E-state index >= 15 is 0 Å². The molecule has 1 atom stereocenters. The molecule has 0 spiro atoms. The summed E-state index contributed by atoms with van der Waals surface area (Å²) in [4.78, 5) is 27.1. The first-order chi connectivity index (χ1) is 16.5. The third kappa shape index (κ3) is 8.37. The van der Waals surface area contributed by atoms with Crippen molar-refractivity contribution in [1.82, 2.24) is 10.2 Å². The summed E-state index contributed by atoms with van der Waals surface area (Å²) in [6, 6.07) is 9.68. The quantitative estimate of drug-likeness (QED) is 0.421. The minimum absolute atomic E-state index is 0.0331. The van der Waals surface area contributed by atoms with E-state index in [0.717, 1.165) is 17.0 Å². The van der Waals surface area contributed by atoms with Crippen molar-refractivity contribution in [3.63, 3.8) is 0 Å². The summed E-state index contributed by atoms with van der Waals surface area (Å²) >= 11 is 12.2. The average molecular weight is 546 g/mol. The molecular weight excluding hydrogens is 516 g/mol. The Morgan fingerprint density at radius 3 is 2.46 bits per heavy atom. The van der Waals surface area contributed by atoms with E-state index in [-0.39, 0.29) is 48.1 Å². The maximum absolute atomic E-state index is 14.3. The molecule has 0 saturated heterocycles. The predicted octanol–water partition coefficient (Wildman–Crippen LogP) is 4.62. The first-order valence-electron chi connectivity index (χ1n) is 11.2. The van der Waals surface area contributed by atoms with Crippen molar-refractivity contribution in [3.05, 3.63) is 63.9 Å². The fourth-order valence-electron chi connectivity index (χ4n) is 3.45. The number of nitrogens with one attached hydrogen (secondary N) is 1. The number of hydrogen-bond donors (Lipinski definition) is 1. The lowest BCUT2D eigenvalue weighted by atomic mass is 10.1. The molecule has 0 bridgehead atoms. The van der Waals surface area contributed by atoms with Gasteiger partial charge in [-0.05, 0) is 44.0 Å². The summed E-state index contributed by atoms with van der Waals surface area (Å²) in [7, 11) is -3.72. The number of amides is 2. The highest BCUT2D eigenvalue weighted by molar-refractivity contribution is 7.92. The van der Waals surface area contributed by atoms with Gasteiger partial charge in [0.1, 0.15) is 11.9 Å². The monoisotopic (exact) mass is 545 g/mol. The third-order valence-corrected chi connectivity index (χ3v) is 7.08. The molecule has 2 aromatic rings. The molecule has 1 N–H and O–H groups in total. The standard InChI is InChI=1S/C24H30Cl2FN3O4S/c1-4-13-28-24(32)17(2)29(16-18-8-5-6-9-21(18)27)23(31)10-7-14-30(35(3,33)34)22-15-19(25)11-12-20(22)26/h5-6,8-9,11-12,15,17H,4,7,10,13-14,16H2,1-3H3,(H,28,32)/t17-/m1/s1. The number of carbonyl (C=O) groups excluding carboxylic acids is 2. The average Bonchev–Trinajstić information content (AvgIpc) is 2.80. The molecule has 0 aliphatic rings. The van der Waals surface area contributed by atoms with Crippen LogP contribution in [0.15, 0.2) is 42.5 Å². The normalized spacial score (nSPS) is 12.2. The molecule has 0 unspecified atom stereocenters. The first-order valence-corrected chi connectivity index (χ1v) is 13.8. The second-order valence-electron chi connectivity index (χ2n) is 8.11. The van der Waals surface area contributed by atoms with Gasteiger partial charge in [0.2, 0.25) is 21.8 Å². The Balaban J connectivity index is 2.20. The largest absolute Gasteiger partial charge is 0.354 e. The zero-order valence-electron chi connectivity index (χ0n) is 19.9. The van der Waals surface area contributed by atoms with Gasteiger partial charge in [-0.2, -0.15) is 0 Å². The van der Waals surface area contributed by atoms with Crippen molar-refractivity contribution >= 4 is 50.7 Å². The van der Waals surface area contributed by atoms with Gasteiger partial charge in [0.15, 0.2) is 0 Å². The molecular formula is C24H30Cl2FN3O4S. The lowest BCUT2D eigenvalue weighted by molar-refractivity contribution is -0.140. The molecule has 2 rings (SSSR count). The van der Waals surface area contributed by atoms with Gasteiger partial charge >= 0.3 is 0 Å². The Hall–Kier alpha value is -2.36. The van der Waals surface area contributed by atoms with Crippen LogP contribution in [0.4, 0.5) is 10.1 Å². The van der Waals surface area contributed by atoms with Crippen molar-refractivity contribution in [2.24, 2.45) is 0 Å². The fourth-order valence-corrected chi connectivity index (χ4v) is 4.85.